The van der Waals surface area contributed by atoms with Gasteiger partial charge in [0.2, 0.25) is 11.8 Å². The molecule has 3 aromatic rings. The second kappa shape index (κ2) is 9.95. The van der Waals surface area contributed by atoms with E-state index in [1.54, 1.807) is 16.7 Å². The molecule has 1 atom stereocenters. The molecule has 2 heterocycles. The third-order valence-electron chi connectivity index (χ3n) is 4.07. The van der Waals surface area contributed by atoms with Gasteiger partial charge in [-0.25, -0.2) is 4.98 Å². The van der Waals surface area contributed by atoms with E-state index >= 15 is 0 Å². The van der Waals surface area contributed by atoms with E-state index in [0.29, 0.717) is 17.2 Å². The summed E-state index contributed by atoms with van der Waals surface area (Å²) in [6, 6.07) is 11.8. The lowest BCUT2D eigenvalue weighted by Crippen LogP contribution is -2.29. The predicted octanol–water partition coefficient (Wildman–Crippen LogP) is 4.96. The first kappa shape index (κ1) is 20.7. The lowest BCUT2D eigenvalue weighted by atomic mass is 10.0. The maximum Gasteiger partial charge on any atom is 0.231 e. The smallest absolute Gasteiger partial charge is 0.231 e. The molecule has 0 saturated carbocycles. The van der Waals surface area contributed by atoms with Crippen molar-refractivity contribution in [2.45, 2.75) is 32.2 Å². The summed E-state index contributed by atoms with van der Waals surface area (Å²) in [5.41, 5.74) is 1.72. The molecule has 28 heavy (non-hydrogen) atoms. The van der Waals surface area contributed by atoms with Crippen molar-refractivity contribution in [3.8, 4) is 0 Å². The minimum atomic E-state index is -0.103. The Morgan fingerprint density at radius 1 is 1.11 bits per heavy atom. The first-order valence-corrected chi connectivity index (χ1v) is 11.4. The summed E-state index contributed by atoms with van der Waals surface area (Å²) in [7, 11) is 0. The highest BCUT2D eigenvalue weighted by molar-refractivity contribution is 9.10. The van der Waals surface area contributed by atoms with E-state index in [1.807, 2.05) is 48.7 Å². The maximum atomic E-state index is 12.4. The van der Waals surface area contributed by atoms with Gasteiger partial charge in [-0.05, 0) is 35.6 Å². The summed E-state index contributed by atoms with van der Waals surface area (Å²) in [6.45, 7) is 2.04. The van der Waals surface area contributed by atoms with Gasteiger partial charge >= 0.3 is 0 Å². The van der Waals surface area contributed by atoms with Gasteiger partial charge in [0.25, 0.3) is 0 Å². The number of benzene rings is 1. The zero-order chi connectivity index (χ0) is 19.9. The van der Waals surface area contributed by atoms with Crippen molar-refractivity contribution in [1.82, 2.24) is 10.3 Å². The number of carbonyl (C=O) groups excluding carboxylic acids is 2. The molecule has 146 valence electrons. The fourth-order valence-electron chi connectivity index (χ4n) is 2.71. The van der Waals surface area contributed by atoms with Crippen LogP contribution in [0.3, 0.4) is 0 Å². The van der Waals surface area contributed by atoms with Crippen molar-refractivity contribution in [2.24, 2.45) is 0 Å². The first-order valence-electron chi connectivity index (χ1n) is 8.85. The minimum absolute atomic E-state index is 0.0378. The van der Waals surface area contributed by atoms with Crippen molar-refractivity contribution in [1.29, 1.82) is 0 Å². The topological polar surface area (TPSA) is 71.1 Å². The van der Waals surface area contributed by atoms with Crippen LogP contribution in [0.2, 0.25) is 0 Å². The molecule has 1 aromatic carbocycles. The van der Waals surface area contributed by atoms with Crippen LogP contribution in [0.4, 0.5) is 5.13 Å². The fraction of sp³-hybridized carbons (Fsp3) is 0.250. The van der Waals surface area contributed by atoms with Crippen molar-refractivity contribution < 1.29 is 9.59 Å². The molecule has 8 heteroatoms. The normalized spacial score (nSPS) is 11.8. The van der Waals surface area contributed by atoms with Crippen LogP contribution in [0.25, 0.3) is 0 Å². The van der Waals surface area contributed by atoms with E-state index in [4.69, 9.17) is 0 Å². The van der Waals surface area contributed by atoms with Crippen LogP contribution in [-0.2, 0) is 22.4 Å². The number of anilines is 1. The number of aromatic nitrogens is 1. The van der Waals surface area contributed by atoms with Crippen molar-refractivity contribution in [2.75, 3.05) is 5.32 Å². The highest BCUT2D eigenvalue weighted by Gasteiger charge is 2.15. The number of hydrogen-bond acceptors (Lipinski definition) is 5. The first-order chi connectivity index (χ1) is 13.5. The quantitative estimate of drug-likeness (QED) is 0.481. The summed E-state index contributed by atoms with van der Waals surface area (Å²) in [5.74, 6) is -0.189. The number of nitrogens with one attached hydrogen (secondary N) is 2. The number of rotatable bonds is 8. The third kappa shape index (κ3) is 5.98. The second-order valence-electron chi connectivity index (χ2n) is 6.20. The molecule has 0 aliphatic heterocycles. The zero-order valence-corrected chi connectivity index (χ0v) is 18.5. The largest absolute Gasteiger partial charge is 0.349 e. The SMILES string of the molecule is CCC(NC(=O)Cc1csc(NC(=O)Cc2cccs2)n1)c1ccc(Br)cc1. The lowest BCUT2D eigenvalue weighted by molar-refractivity contribution is -0.121. The molecule has 0 aliphatic carbocycles. The van der Waals surface area contributed by atoms with Crippen molar-refractivity contribution >= 4 is 55.5 Å². The Hall–Kier alpha value is -2.03. The second-order valence-corrected chi connectivity index (χ2v) is 9.01. The molecule has 5 nitrogen and oxygen atoms in total. The molecule has 3 rings (SSSR count). The number of halogens is 1. The summed E-state index contributed by atoms with van der Waals surface area (Å²) in [4.78, 5) is 29.8. The van der Waals surface area contributed by atoms with Gasteiger partial charge in [0.05, 0.1) is 24.6 Å². The van der Waals surface area contributed by atoms with Gasteiger partial charge in [-0.15, -0.1) is 22.7 Å². The Morgan fingerprint density at radius 3 is 2.57 bits per heavy atom. The molecule has 2 aromatic heterocycles. The molecule has 0 saturated heterocycles. The van der Waals surface area contributed by atoms with Crippen molar-refractivity contribution in [3.05, 3.63) is 67.8 Å². The Morgan fingerprint density at radius 2 is 1.89 bits per heavy atom. The average Bonchev–Trinajstić information content (AvgIpc) is 3.32. The summed E-state index contributed by atoms with van der Waals surface area (Å²) < 4.78 is 1.01. The van der Waals surface area contributed by atoms with Gasteiger partial charge in [0, 0.05) is 14.7 Å². The van der Waals surface area contributed by atoms with E-state index < -0.39 is 0 Å². The predicted molar refractivity (Wildman–Crippen MR) is 118 cm³/mol. The standard InChI is InChI=1S/C20H20BrN3O2S2/c1-2-17(13-5-7-14(21)8-6-13)23-18(25)10-15-12-28-20(22-15)24-19(26)11-16-4-3-9-27-16/h3-9,12,17H,2,10-11H2,1H3,(H,23,25)(H,22,24,26). The van der Waals surface area contributed by atoms with Gasteiger partial charge in [-0.2, -0.15) is 0 Å². The zero-order valence-electron chi connectivity index (χ0n) is 15.3. The Kier molecular flexibility index (Phi) is 7.36. The molecule has 1 unspecified atom stereocenters. The average molecular weight is 478 g/mol. The van der Waals surface area contributed by atoms with Gasteiger partial charge in [0.15, 0.2) is 5.13 Å². The highest BCUT2D eigenvalue weighted by atomic mass is 79.9. The van der Waals surface area contributed by atoms with E-state index in [0.717, 1.165) is 21.3 Å². The van der Waals surface area contributed by atoms with Gasteiger partial charge in [0.1, 0.15) is 0 Å². The molecule has 0 fully saturated rings. The molecule has 0 aliphatic rings. The number of amides is 2. The van der Waals surface area contributed by atoms with Gasteiger partial charge in [-0.1, -0.05) is 41.1 Å². The lowest BCUT2D eigenvalue weighted by Gasteiger charge is -2.17. The summed E-state index contributed by atoms with van der Waals surface area (Å²) in [6.07, 6.45) is 1.32. The third-order valence-corrected chi connectivity index (χ3v) is 6.28. The number of thiophene rings is 1. The Labute approximate surface area is 180 Å². The number of thiazole rings is 1. The van der Waals surface area contributed by atoms with Crippen LogP contribution in [0.5, 0.6) is 0 Å². The van der Waals surface area contributed by atoms with E-state index in [9.17, 15) is 9.59 Å². The van der Waals surface area contributed by atoms with E-state index in [2.05, 4.69) is 31.5 Å². The molecule has 0 bridgehead atoms. The molecular weight excluding hydrogens is 458 g/mol. The minimum Gasteiger partial charge on any atom is -0.349 e. The van der Waals surface area contributed by atoms with Crippen LogP contribution < -0.4 is 10.6 Å². The van der Waals surface area contributed by atoms with Gasteiger partial charge in [-0.3, -0.25) is 9.59 Å². The summed E-state index contributed by atoms with van der Waals surface area (Å²) >= 11 is 6.30. The van der Waals surface area contributed by atoms with Crippen molar-refractivity contribution in [3.63, 3.8) is 0 Å². The van der Waals surface area contributed by atoms with Crippen LogP contribution in [0.15, 0.2) is 51.6 Å². The van der Waals surface area contributed by atoms with Crippen LogP contribution >= 0.6 is 38.6 Å². The number of carbonyl (C=O) groups is 2. The van der Waals surface area contributed by atoms with Crippen LogP contribution in [0.1, 0.15) is 35.5 Å². The summed E-state index contributed by atoms with van der Waals surface area (Å²) in [5, 5.41) is 10.1. The number of hydrogen-bond donors (Lipinski definition) is 2. The maximum absolute atomic E-state index is 12.4. The fourth-order valence-corrected chi connectivity index (χ4v) is 4.40. The van der Waals surface area contributed by atoms with Crippen LogP contribution in [0, 0.1) is 0 Å². The Balaban J connectivity index is 1.52. The molecule has 2 N–H and O–H groups in total. The molecule has 2 amide bonds. The van der Waals surface area contributed by atoms with E-state index in [1.165, 1.54) is 11.3 Å². The molecule has 0 spiro atoms. The molecular formula is C20H20BrN3O2S2. The number of nitrogens with zero attached hydrogens (tertiary/aromatic N) is 1. The Bertz CT molecular complexity index is 923. The highest BCUT2D eigenvalue weighted by Crippen LogP contribution is 2.21. The van der Waals surface area contributed by atoms with Gasteiger partial charge < -0.3 is 10.6 Å². The molecule has 0 radical (unpaired) electrons. The van der Waals surface area contributed by atoms with E-state index in [-0.39, 0.29) is 24.3 Å². The monoisotopic (exact) mass is 477 g/mol. The van der Waals surface area contributed by atoms with Crippen LogP contribution in [-0.4, -0.2) is 16.8 Å².